The number of halogens is 1. The van der Waals surface area contributed by atoms with Crippen LogP contribution in [0.5, 0.6) is 0 Å². The van der Waals surface area contributed by atoms with E-state index < -0.39 is 5.82 Å². The summed E-state index contributed by atoms with van der Waals surface area (Å²) in [4.78, 5) is 12.9. The van der Waals surface area contributed by atoms with Crippen LogP contribution < -0.4 is 0 Å². The first-order valence-electron chi connectivity index (χ1n) is 5.63. The molecule has 18 heavy (non-hydrogen) atoms. The molecule has 0 aliphatic rings. The fourth-order valence-corrected chi connectivity index (χ4v) is 2.47. The van der Waals surface area contributed by atoms with Crippen LogP contribution in [0.25, 0.3) is 0 Å². The first-order chi connectivity index (χ1) is 8.50. The predicted octanol–water partition coefficient (Wildman–Crippen LogP) is 3.34. The van der Waals surface area contributed by atoms with E-state index >= 15 is 0 Å². The van der Waals surface area contributed by atoms with Crippen molar-refractivity contribution in [3.63, 3.8) is 0 Å². The number of hydrogen-bond acceptors (Lipinski definition) is 4. The van der Waals surface area contributed by atoms with Crippen molar-refractivity contribution in [2.45, 2.75) is 26.7 Å². The Morgan fingerprint density at radius 1 is 1.39 bits per heavy atom. The highest BCUT2D eigenvalue weighted by molar-refractivity contribution is 7.08. The molecule has 2 rings (SSSR count). The monoisotopic (exact) mass is 264 g/mol. The molecule has 0 N–H and O–H groups in total. The van der Waals surface area contributed by atoms with Gasteiger partial charge in [-0.1, -0.05) is 24.4 Å². The molecular weight excluding hydrogens is 251 g/mol. The Kier molecular flexibility index (Phi) is 3.52. The van der Waals surface area contributed by atoms with Crippen LogP contribution in [0.1, 0.15) is 46.3 Å². The lowest BCUT2D eigenvalue weighted by atomic mass is 10.0. The van der Waals surface area contributed by atoms with Crippen molar-refractivity contribution in [1.82, 2.24) is 9.59 Å². The molecule has 0 fully saturated rings. The largest absolute Gasteiger partial charge is 0.288 e. The molecule has 0 saturated heterocycles. The molecule has 1 heterocycles. The molecule has 5 heteroatoms. The van der Waals surface area contributed by atoms with Crippen molar-refractivity contribution < 1.29 is 9.18 Å². The van der Waals surface area contributed by atoms with Crippen molar-refractivity contribution in [1.29, 1.82) is 0 Å². The molecule has 94 valence electrons. The Labute approximate surface area is 109 Å². The molecule has 0 aliphatic heterocycles. The van der Waals surface area contributed by atoms with Gasteiger partial charge in [0.25, 0.3) is 0 Å². The van der Waals surface area contributed by atoms with Crippen LogP contribution in [0, 0.1) is 12.7 Å². The van der Waals surface area contributed by atoms with Crippen molar-refractivity contribution in [3.05, 3.63) is 45.7 Å². The van der Waals surface area contributed by atoms with Gasteiger partial charge in [0.05, 0.1) is 5.69 Å². The summed E-state index contributed by atoms with van der Waals surface area (Å²) in [6.45, 7) is 5.69. The summed E-state index contributed by atoms with van der Waals surface area (Å²) >= 11 is 1.06. The summed E-state index contributed by atoms with van der Waals surface area (Å²) in [6.07, 6.45) is 0. The molecule has 0 unspecified atom stereocenters. The summed E-state index contributed by atoms with van der Waals surface area (Å²) in [5, 5.41) is 3.97. The number of rotatable bonds is 3. The third-order valence-corrected chi connectivity index (χ3v) is 3.45. The van der Waals surface area contributed by atoms with Gasteiger partial charge in [-0.3, -0.25) is 4.79 Å². The average Bonchev–Trinajstić information content (AvgIpc) is 2.80. The minimum Gasteiger partial charge on any atom is -0.288 e. The molecule has 3 nitrogen and oxygen atoms in total. The van der Waals surface area contributed by atoms with Crippen LogP contribution >= 0.6 is 11.5 Å². The number of carbonyl (C=O) groups excluding carboxylic acids is 1. The van der Waals surface area contributed by atoms with Crippen molar-refractivity contribution in [2.24, 2.45) is 0 Å². The van der Waals surface area contributed by atoms with Crippen LogP contribution in [0.2, 0.25) is 0 Å². The first-order valence-corrected chi connectivity index (χ1v) is 6.41. The van der Waals surface area contributed by atoms with Crippen molar-refractivity contribution >= 4 is 17.3 Å². The maximum absolute atomic E-state index is 13.2. The SMILES string of the molecule is Cc1ccc(F)cc1C(=O)c1snnc1C(C)C. The predicted molar refractivity (Wildman–Crippen MR) is 68.6 cm³/mol. The summed E-state index contributed by atoms with van der Waals surface area (Å²) in [6, 6.07) is 4.22. The van der Waals surface area contributed by atoms with Crippen molar-refractivity contribution in [2.75, 3.05) is 0 Å². The second-order valence-corrected chi connectivity index (χ2v) is 5.18. The smallest absolute Gasteiger partial charge is 0.206 e. The standard InChI is InChI=1S/C13H13FN2OS/c1-7(2)11-13(18-16-15-11)12(17)10-6-9(14)5-4-8(10)3/h4-7H,1-3H3. The third-order valence-electron chi connectivity index (χ3n) is 2.71. The zero-order chi connectivity index (χ0) is 13.3. The number of aromatic nitrogens is 2. The quantitative estimate of drug-likeness (QED) is 0.798. The van der Waals surface area contributed by atoms with Gasteiger partial charge in [0.1, 0.15) is 10.7 Å². The first kappa shape index (κ1) is 12.8. The second-order valence-electron chi connectivity index (χ2n) is 4.43. The van der Waals surface area contributed by atoms with Crippen LogP contribution in [-0.2, 0) is 0 Å². The van der Waals surface area contributed by atoms with E-state index in [1.165, 1.54) is 12.1 Å². The molecule has 0 saturated carbocycles. The maximum atomic E-state index is 13.2. The van der Waals surface area contributed by atoms with Gasteiger partial charge in [-0.05, 0) is 42.1 Å². The Balaban J connectivity index is 2.48. The molecule has 1 aromatic carbocycles. The summed E-state index contributed by atoms with van der Waals surface area (Å²) < 4.78 is 17.0. The van der Waals surface area contributed by atoms with E-state index in [0.717, 1.165) is 17.1 Å². The fraction of sp³-hybridized carbons (Fsp3) is 0.308. The van der Waals surface area contributed by atoms with E-state index in [4.69, 9.17) is 0 Å². The number of carbonyl (C=O) groups is 1. The van der Waals surface area contributed by atoms with E-state index in [-0.39, 0.29) is 11.7 Å². The normalized spacial score (nSPS) is 10.9. The van der Waals surface area contributed by atoms with E-state index in [0.29, 0.717) is 16.1 Å². The minimum absolute atomic E-state index is 0.122. The van der Waals surface area contributed by atoms with Gasteiger partial charge in [0, 0.05) is 5.56 Å². The molecule has 0 atom stereocenters. The number of ketones is 1. The highest BCUT2D eigenvalue weighted by atomic mass is 32.1. The molecule has 0 aliphatic carbocycles. The lowest BCUT2D eigenvalue weighted by molar-refractivity contribution is 0.104. The van der Waals surface area contributed by atoms with E-state index in [9.17, 15) is 9.18 Å². The number of aryl methyl sites for hydroxylation is 1. The lowest BCUT2D eigenvalue weighted by Crippen LogP contribution is -2.06. The van der Waals surface area contributed by atoms with Gasteiger partial charge in [0.15, 0.2) is 0 Å². The van der Waals surface area contributed by atoms with Crippen LogP contribution in [0.3, 0.4) is 0 Å². The van der Waals surface area contributed by atoms with Crippen LogP contribution in [-0.4, -0.2) is 15.4 Å². The molecule has 2 aromatic rings. The highest BCUT2D eigenvalue weighted by Crippen LogP contribution is 2.24. The molecule has 0 bridgehead atoms. The molecule has 1 aromatic heterocycles. The Bertz CT molecular complexity index is 592. The van der Waals surface area contributed by atoms with Gasteiger partial charge in [0.2, 0.25) is 5.78 Å². The second kappa shape index (κ2) is 4.94. The maximum Gasteiger partial charge on any atom is 0.206 e. The van der Waals surface area contributed by atoms with E-state index in [2.05, 4.69) is 9.59 Å². The zero-order valence-corrected chi connectivity index (χ0v) is 11.2. The van der Waals surface area contributed by atoms with E-state index in [1.54, 1.807) is 13.0 Å². The Morgan fingerprint density at radius 2 is 2.11 bits per heavy atom. The molecular formula is C13H13FN2OS. The van der Waals surface area contributed by atoms with Gasteiger partial charge in [-0.15, -0.1) is 5.10 Å². The van der Waals surface area contributed by atoms with Gasteiger partial charge < -0.3 is 0 Å². The lowest BCUT2D eigenvalue weighted by Gasteiger charge is -2.06. The fourth-order valence-electron chi connectivity index (χ4n) is 1.69. The minimum atomic E-state index is -0.410. The summed E-state index contributed by atoms with van der Waals surface area (Å²) in [7, 11) is 0. The summed E-state index contributed by atoms with van der Waals surface area (Å²) in [5.74, 6) is -0.491. The van der Waals surface area contributed by atoms with Crippen LogP contribution in [0.15, 0.2) is 18.2 Å². The number of nitrogens with zero attached hydrogens (tertiary/aromatic N) is 2. The average molecular weight is 264 g/mol. The summed E-state index contributed by atoms with van der Waals surface area (Å²) in [5.41, 5.74) is 1.81. The van der Waals surface area contributed by atoms with Crippen LogP contribution in [0.4, 0.5) is 4.39 Å². The van der Waals surface area contributed by atoms with Gasteiger partial charge >= 0.3 is 0 Å². The molecule has 0 amide bonds. The topological polar surface area (TPSA) is 42.9 Å². The Hall–Kier alpha value is -1.62. The molecule has 0 spiro atoms. The van der Waals surface area contributed by atoms with Gasteiger partial charge in [-0.25, -0.2) is 4.39 Å². The van der Waals surface area contributed by atoms with Crippen molar-refractivity contribution in [3.8, 4) is 0 Å². The number of hydrogen-bond donors (Lipinski definition) is 0. The number of benzene rings is 1. The van der Waals surface area contributed by atoms with E-state index in [1.807, 2.05) is 13.8 Å². The third kappa shape index (κ3) is 2.31. The zero-order valence-electron chi connectivity index (χ0n) is 10.4. The molecule has 0 radical (unpaired) electrons. The Morgan fingerprint density at radius 3 is 2.78 bits per heavy atom. The highest BCUT2D eigenvalue weighted by Gasteiger charge is 2.21. The van der Waals surface area contributed by atoms with Gasteiger partial charge in [-0.2, -0.15) is 0 Å².